The first-order chi connectivity index (χ1) is 14.5. The summed E-state index contributed by atoms with van der Waals surface area (Å²) in [4.78, 5) is 38.3. The molecule has 7 heteroatoms. The number of nitrogens with one attached hydrogen (secondary N) is 1. The third-order valence-electron chi connectivity index (χ3n) is 5.35. The Hall–Kier alpha value is -3.74. The summed E-state index contributed by atoms with van der Waals surface area (Å²) in [6.07, 6.45) is 0. The summed E-state index contributed by atoms with van der Waals surface area (Å²) in [6, 6.07) is 16.6. The van der Waals surface area contributed by atoms with Gasteiger partial charge in [0, 0.05) is 17.8 Å². The largest absolute Gasteiger partial charge is 0.350 e. The first kappa shape index (κ1) is 19.6. The van der Waals surface area contributed by atoms with Gasteiger partial charge in [0.05, 0.1) is 23.4 Å². The number of imide groups is 1. The van der Waals surface area contributed by atoms with Crippen LogP contribution in [0.25, 0.3) is 0 Å². The van der Waals surface area contributed by atoms with E-state index in [1.807, 2.05) is 48.9 Å². The number of hydrogen-bond donors (Lipinski definition) is 1. The minimum atomic E-state index is -0.436. The SMILES string of the molecule is Cc1nn(Cc2ccccc2)c(C)c1CNC(=O)CN1C(=O)c2ccccc2C1=O. The van der Waals surface area contributed by atoms with Gasteiger partial charge in [-0.1, -0.05) is 42.5 Å². The lowest BCUT2D eigenvalue weighted by atomic mass is 10.1. The average Bonchev–Trinajstić information content (AvgIpc) is 3.15. The Morgan fingerprint density at radius 1 is 0.933 bits per heavy atom. The van der Waals surface area contributed by atoms with Gasteiger partial charge in [0.15, 0.2) is 0 Å². The fourth-order valence-corrected chi connectivity index (χ4v) is 3.67. The van der Waals surface area contributed by atoms with Crippen molar-refractivity contribution in [2.75, 3.05) is 6.54 Å². The average molecular weight is 402 g/mol. The Balaban J connectivity index is 1.40. The molecule has 0 aliphatic carbocycles. The van der Waals surface area contributed by atoms with Crippen LogP contribution < -0.4 is 5.32 Å². The van der Waals surface area contributed by atoms with Crippen molar-refractivity contribution in [1.29, 1.82) is 0 Å². The maximum atomic E-state index is 12.5. The van der Waals surface area contributed by atoms with E-state index in [1.165, 1.54) is 0 Å². The van der Waals surface area contributed by atoms with E-state index >= 15 is 0 Å². The van der Waals surface area contributed by atoms with Crippen LogP contribution in [0.15, 0.2) is 54.6 Å². The molecule has 2 aromatic carbocycles. The van der Waals surface area contributed by atoms with Crippen LogP contribution in [0.5, 0.6) is 0 Å². The number of aromatic nitrogens is 2. The molecule has 4 rings (SSSR count). The molecule has 3 aromatic rings. The van der Waals surface area contributed by atoms with E-state index < -0.39 is 11.8 Å². The minimum Gasteiger partial charge on any atom is -0.350 e. The van der Waals surface area contributed by atoms with Crippen LogP contribution in [-0.2, 0) is 17.9 Å². The summed E-state index contributed by atoms with van der Waals surface area (Å²) < 4.78 is 1.91. The van der Waals surface area contributed by atoms with Gasteiger partial charge in [-0.2, -0.15) is 5.10 Å². The maximum absolute atomic E-state index is 12.5. The minimum absolute atomic E-state index is 0.286. The molecule has 7 nitrogen and oxygen atoms in total. The number of carbonyl (C=O) groups excluding carboxylic acids is 3. The van der Waals surface area contributed by atoms with Gasteiger partial charge in [0.2, 0.25) is 5.91 Å². The number of nitrogens with zero attached hydrogens (tertiary/aromatic N) is 3. The molecule has 152 valence electrons. The summed E-state index contributed by atoms with van der Waals surface area (Å²) in [7, 11) is 0. The predicted molar refractivity (Wildman–Crippen MR) is 111 cm³/mol. The summed E-state index contributed by atoms with van der Waals surface area (Å²) in [5, 5.41) is 7.40. The normalized spacial score (nSPS) is 12.9. The molecule has 0 unspecified atom stereocenters. The summed E-state index contributed by atoms with van der Waals surface area (Å²) in [6.45, 7) is 4.50. The van der Waals surface area contributed by atoms with Crippen molar-refractivity contribution in [1.82, 2.24) is 20.0 Å². The van der Waals surface area contributed by atoms with E-state index in [-0.39, 0.29) is 19.0 Å². The molecule has 0 saturated heterocycles. The summed E-state index contributed by atoms with van der Waals surface area (Å²) in [5.41, 5.74) is 4.56. The maximum Gasteiger partial charge on any atom is 0.262 e. The predicted octanol–water partition coefficient (Wildman–Crippen LogP) is 2.46. The van der Waals surface area contributed by atoms with Crippen LogP contribution in [0.1, 0.15) is 43.2 Å². The summed E-state index contributed by atoms with van der Waals surface area (Å²) >= 11 is 0. The number of hydrogen-bond acceptors (Lipinski definition) is 4. The van der Waals surface area contributed by atoms with E-state index in [0.717, 1.165) is 27.4 Å². The Kier molecular flexibility index (Phi) is 5.18. The number of amides is 3. The Labute approximate surface area is 174 Å². The highest BCUT2D eigenvalue weighted by atomic mass is 16.2. The zero-order valence-electron chi connectivity index (χ0n) is 16.9. The van der Waals surface area contributed by atoms with Crippen LogP contribution >= 0.6 is 0 Å². The smallest absolute Gasteiger partial charge is 0.262 e. The Morgan fingerprint density at radius 3 is 2.17 bits per heavy atom. The number of carbonyl (C=O) groups is 3. The second-order valence-corrected chi connectivity index (χ2v) is 7.31. The van der Waals surface area contributed by atoms with E-state index in [1.54, 1.807) is 24.3 Å². The number of rotatable bonds is 6. The van der Waals surface area contributed by atoms with Crippen LogP contribution in [0.4, 0.5) is 0 Å². The molecule has 1 N–H and O–H groups in total. The first-order valence-electron chi connectivity index (χ1n) is 9.74. The molecule has 0 atom stereocenters. The van der Waals surface area contributed by atoms with Crippen molar-refractivity contribution >= 4 is 17.7 Å². The van der Waals surface area contributed by atoms with Crippen LogP contribution in [-0.4, -0.2) is 38.9 Å². The molecule has 2 heterocycles. The van der Waals surface area contributed by atoms with Crippen molar-refractivity contribution in [3.05, 3.63) is 88.2 Å². The number of fused-ring (bicyclic) bond motifs is 1. The van der Waals surface area contributed by atoms with Crippen molar-refractivity contribution in [2.24, 2.45) is 0 Å². The van der Waals surface area contributed by atoms with Gasteiger partial charge in [0.25, 0.3) is 11.8 Å². The molecule has 1 aromatic heterocycles. The van der Waals surface area contributed by atoms with Crippen molar-refractivity contribution in [3.8, 4) is 0 Å². The van der Waals surface area contributed by atoms with E-state index in [2.05, 4.69) is 10.4 Å². The zero-order valence-corrected chi connectivity index (χ0v) is 16.9. The molecule has 0 bridgehead atoms. The lowest BCUT2D eigenvalue weighted by Gasteiger charge is -2.14. The van der Waals surface area contributed by atoms with Gasteiger partial charge in [0.1, 0.15) is 6.54 Å². The second kappa shape index (κ2) is 7.94. The van der Waals surface area contributed by atoms with Crippen LogP contribution in [0, 0.1) is 13.8 Å². The number of benzene rings is 2. The lowest BCUT2D eigenvalue weighted by Crippen LogP contribution is -2.40. The molecule has 0 saturated carbocycles. The fourth-order valence-electron chi connectivity index (χ4n) is 3.67. The zero-order chi connectivity index (χ0) is 21.3. The molecule has 30 heavy (non-hydrogen) atoms. The van der Waals surface area contributed by atoms with E-state index in [0.29, 0.717) is 17.7 Å². The number of aryl methyl sites for hydroxylation is 1. The highest BCUT2D eigenvalue weighted by Crippen LogP contribution is 2.22. The highest BCUT2D eigenvalue weighted by molar-refractivity contribution is 6.22. The van der Waals surface area contributed by atoms with Crippen molar-refractivity contribution in [2.45, 2.75) is 26.9 Å². The third-order valence-corrected chi connectivity index (χ3v) is 5.35. The fraction of sp³-hybridized carbons (Fsp3) is 0.217. The third kappa shape index (κ3) is 3.61. The second-order valence-electron chi connectivity index (χ2n) is 7.31. The van der Waals surface area contributed by atoms with Gasteiger partial charge in [-0.25, -0.2) is 0 Å². The molecule has 0 fully saturated rings. The topological polar surface area (TPSA) is 84.3 Å². The van der Waals surface area contributed by atoms with Gasteiger partial charge >= 0.3 is 0 Å². The van der Waals surface area contributed by atoms with Gasteiger partial charge in [-0.15, -0.1) is 0 Å². The molecule has 0 radical (unpaired) electrons. The highest BCUT2D eigenvalue weighted by Gasteiger charge is 2.36. The molecule has 0 spiro atoms. The monoisotopic (exact) mass is 402 g/mol. The molecular weight excluding hydrogens is 380 g/mol. The van der Waals surface area contributed by atoms with E-state index in [4.69, 9.17) is 0 Å². The van der Waals surface area contributed by atoms with Crippen molar-refractivity contribution in [3.63, 3.8) is 0 Å². The quantitative estimate of drug-likeness (QED) is 0.642. The van der Waals surface area contributed by atoms with Gasteiger partial charge in [-0.05, 0) is 31.5 Å². The molecule has 1 aliphatic heterocycles. The van der Waals surface area contributed by atoms with E-state index in [9.17, 15) is 14.4 Å². The molecular formula is C23H22N4O3. The Bertz CT molecular complexity index is 1100. The summed E-state index contributed by atoms with van der Waals surface area (Å²) in [5.74, 6) is -1.26. The molecule has 3 amide bonds. The van der Waals surface area contributed by atoms with Gasteiger partial charge < -0.3 is 5.32 Å². The standard InChI is InChI=1S/C23H22N4O3/c1-15-20(16(2)27(25-15)13-17-8-4-3-5-9-17)12-24-21(28)14-26-22(29)18-10-6-7-11-19(18)23(26)30/h3-11H,12-14H2,1-2H3,(H,24,28). The van der Waals surface area contributed by atoms with Crippen molar-refractivity contribution < 1.29 is 14.4 Å². The first-order valence-corrected chi connectivity index (χ1v) is 9.74. The van der Waals surface area contributed by atoms with Crippen LogP contribution in [0.3, 0.4) is 0 Å². The van der Waals surface area contributed by atoms with Gasteiger partial charge in [-0.3, -0.25) is 24.0 Å². The molecule has 1 aliphatic rings. The Morgan fingerprint density at radius 2 is 1.53 bits per heavy atom. The van der Waals surface area contributed by atoms with Crippen LogP contribution in [0.2, 0.25) is 0 Å². The lowest BCUT2D eigenvalue weighted by molar-refractivity contribution is -0.121.